The van der Waals surface area contributed by atoms with E-state index in [2.05, 4.69) is 5.43 Å². The molecule has 1 saturated heterocycles. The molecule has 3 rings (SSSR count). The molecule has 1 atom stereocenters. The van der Waals surface area contributed by atoms with Gasteiger partial charge in [-0.1, -0.05) is 36.4 Å². The molecular weight excluding hydrogens is 304 g/mol. The second kappa shape index (κ2) is 7.75. The predicted octanol–water partition coefficient (Wildman–Crippen LogP) is 3.00. The first-order valence-corrected chi connectivity index (χ1v) is 8.12. The minimum atomic E-state index is -0.445. The Morgan fingerprint density at radius 2 is 1.54 bits per heavy atom. The third-order valence-corrected chi connectivity index (χ3v) is 3.94. The van der Waals surface area contributed by atoms with E-state index in [1.54, 1.807) is 48.5 Å². The minimum Gasteiger partial charge on any atom is -0.356 e. The van der Waals surface area contributed by atoms with E-state index < -0.39 is 6.23 Å². The van der Waals surface area contributed by atoms with E-state index in [9.17, 15) is 9.59 Å². The van der Waals surface area contributed by atoms with Crippen molar-refractivity contribution in [2.24, 2.45) is 0 Å². The highest BCUT2D eigenvalue weighted by Crippen LogP contribution is 2.18. The SMILES string of the molecule is O=C(NN(C(=O)c1ccccc1)C1CCCCO1)c1ccccc1. The van der Waals surface area contributed by atoms with Crippen LogP contribution in [0.4, 0.5) is 0 Å². The van der Waals surface area contributed by atoms with E-state index in [4.69, 9.17) is 4.74 Å². The summed E-state index contributed by atoms with van der Waals surface area (Å²) in [6, 6.07) is 17.7. The molecule has 2 aromatic carbocycles. The summed E-state index contributed by atoms with van der Waals surface area (Å²) in [5.74, 6) is -0.596. The first-order chi connectivity index (χ1) is 11.8. The summed E-state index contributed by atoms with van der Waals surface area (Å²) >= 11 is 0. The molecule has 0 spiro atoms. The Hall–Kier alpha value is -2.66. The van der Waals surface area contributed by atoms with E-state index >= 15 is 0 Å². The number of carbonyl (C=O) groups is 2. The monoisotopic (exact) mass is 324 g/mol. The van der Waals surface area contributed by atoms with Gasteiger partial charge in [0.1, 0.15) is 0 Å². The van der Waals surface area contributed by atoms with Gasteiger partial charge in [-0.3, -0.25) is 15.0 Å². The average molecular weight is 324 g/mol. The predicted molar refractivity (Wildman–Crippen MR) is 90.1 cm³/mol. The van der Waals surface area contributed by atoms with Gasteiger partial charge in [0.2, 0.25) is 0 Å². The Labute approximate surface area is 141 Å². The third kappa shape index (κ3) is 3.81. The third-order valence-electron chi connectivity index (χ3n) is 3.94. The lowest BCUT2D eigenvalue weighted by Crippen LogP contribution is -2.53. The lowest BCUT2D eigenvalue weighted by atomic mass is 10.1. The largest absolute Gasteiger partial charge is 0.356 e. The van der Waals surface area contributed by atoms with Crippen LogP contribution in [0, 0.1) is 0 Å². The molecular formula is C19H20N2O3. The molecule has 1 N–H and O–H groups in total. The van der Waals surface area contributed by atoms with Gasteiger partial charge in [0.05, 0.1) is 0 Å². The average Bonchev–Trinajstić information content (AvgIpc) is 2.67. The van der Waals surface area contributed by atoms with E-state index in [-0.39, 0.29) is 11.8 Å². The zero-order valence-electron chi connectivity index (χ0n) is 13.4. The van der Waals surface area contributed by atoms with Crippen LogP contribution in [0.3, 0.4) is 0 Å². The summed E-state index contributed by atoms with van der Waals surface area (Å²) in [4.78, 5) is 25.3. The van der Waals surface area contributed by atoms with Crippen LogP contribution in [-0.4, -0.2) is 29.7 Å². The Morgan fingerprint density at radius 1 is 0.917 bits per heavy atom. The van der Waals surface area contributed by atoms with Gasteiger partial charge in [-0.2, -0.15) is 0 Å². The van der Waals surface area contributed by atoms with Gasteiger partial charge in [0, 0.05) is 17.7 Å². The normalized spacial score (nSPS) is 17.1. The molecule has 1 aliphatic rings. The molecule has 1 heterocycles. The molecule has 0 aliphatic carbocycles. The van der Waals surface area contributed by atoms with Crippen LogP contribution in [0.15, 0.2) is 60.7 Å². The van der Waals surface area contributed by atoms with Crippen molar-refractivity contribution < 1.29 is 14.3 Å². The summed E-state index contributed by atoms with van der Waals surface area (Å²) < 4.78 is 5.71. The minimum absolute atomic E-state index is 0.271. The highest BCUT2D eigenvalue weighted by Gasteiger charge is 2.29. The molecule has 1 unspecified atom stereocenters. The highest BCUT2D eigenvalue weighted by atomic mass is 16.5. The van der Waals surface area contributed by atoms with Crippen LogP contribution in [-0.2, 0) is 4.74 Å². The molecule has 24 heavy (non-hydrogen) atoms. The molecule has 1 fully saturated rings. The maximum atomic E-state index is 12.8. The molecule has 124 valence electrons. The topological polar surface area (TPSA) is 58.6 Å². The number of nitrogens with zero attached hydrogens (tertiary/aromatic N) is 1. The summed E-state index contributed by atoms with van der Waals surface area (Å²) in [5, 5.41) is 1.32. The molecule has 0 radical (unpaired) electrons. The van der Waals surface area contributed by atoms with E-state index in [0.29, 0.717) is 24.2 Å². The second-order valence-corrected chi connectivity index (χ2v) is 5.67. The Morgan fingerprint density at radius 3 is 2.12 bits per heavy atom. The zero-order valence-corrected chi connectivity index (χ0v) is 13.4. The van der Waals surface area contributed by atoms with Gasteiger partial charge in [-0.15, -0.1) is 0 Å². The molecule has 5 nitrogen and oxygen atoms in total. The van der Waals surface area contributed by atoms with Crippen molar-refractivity contribution in [3.8, 4) is 0 Å². The zero-order chi connectivity index (χ0) is 16.8. The van der Waals surface area contributed by atoms with Crippen molar-refractivity contribution in [2.75, 3.05) is 6.61 Å². The molecule has 2 amide bonds. The number of nitrogens with one attached hydrogen (secondary N) is 1. The number of amides is 2. The first kappa shape index (κ1) is 16.2. The van der Waals surface area contributed by atoms with Crippen molar-refractivity contribution in [2.45, 2.75) is 25.5 Å². The second-order valence-electron chi connectivity index (χ2n) is 5.67. The number of rotatable bonds is 3. The lowest BCUT2D eigenvalue weighted by molar-refractivity contribution is -0.0846. The van der Waals surface area contributed by atoms with Gasteiger partial charge in [0.15, 0.2) is 6.23 Å². The lowest BCUT2D eigenvalue weighted by Gasteiger charge is -2.34. The van der Waals surface area contributed by atoms with Crippen LogP contribution in [0.5, 0.6) is 0 Å². The molecule has 1 aliphatic heterocycles. The van der Waals surface area contributed by atoms with Crippen molar-refractivity contribution in [3.63, 3.8) is 0 Å². The molecule has 0 bridgehead atoms. The molecule has 0 aromatic heterocycles. The van der Waals surface area contributed by atoms with Gasteiger partial charge < -0.3 is 4.74 Å². The number of hydrogen-bond donors (Lipinski definition) is 1. The maximum Gasteiger partial charge on any atom is 0.274 e. The number of ether oxygens (including phenoxy) is 1. The summed E-state index contributed by atoms with van der Waals surface area (Å²) in [6.07, 6.45) is 2.19. The summed E-state index contributed by atoms with van der Waals surface area (Å²) in [7, 11) is 0. The number of hydrogen-bond acceptors (Lipinski definition) is 3. The molecule has 5 heteroatoms. The Balaban J connectivity index is 1.82. The smallest absolute Gasteiger partial charge is 0.274 e. The molecule has 0 saturated carbocycles. The van der Waals surface area contributed by atoms with Gasteiger partial charge in [0.25, 0.3) is 11.8 Å². The fraction of sp³-hybridized carbons (Fsp3) is 0.263. The van der Waals surface area contributed by atoms with E-state index in [0.717, 1.165) is 12.8 Å². The van der Waals surface area contributed by atoms with Gasteiger partial charge in [-0.05, 0) is 43.5 Å². The van der Waals surface area contributed by atoms with Crippen molar-refractivity contribution >= 4 is 11.8 Å². The van der Waals surface area contributed by atoms with Crippen LogP contribution in [0.25, 0.3) is 0 Å². The quantitative estimate of drug-likeness (QED) is 0.883. The van der Waals surface area contributed by atoms with E-state index in [1.165, 1.54) is 5.01 Å². The maximum absolute atomic E-state index is 12.8. The standard InChI is InChI=1S/C19H20N2O3/c22-18(15-9-3-1-4-10-15)20-21(17-13-7-8-14-24-17)19(23)16-11-5-2-6-12-16/h1-6,9-12,17H,7-8,13-14H2,(H,20,22). The van der Waals surface area contributed by atoms with Crippen LogP contribution in [0.1, 0.15) is 40.0 Å². The first-order valence-electron chi connectivity index (χ1n) is 8.12. The Kier molecular flexibility index (Phi) is 5.23. The van der Waals surface area contributed by atoms with Crippen molar-refractivity contribution in [1.82, 2.24) is 10.4 Å². The van der Waals surface area contributed by atoms with Crippen molar-refractivity contribution in [3.05, 3.63) is 71.8 Å². The van der Waals surface area contributed by atoms with Crippen LogP contribution in [0.2, 0.25) is 0 Å². The van der Waals surface area contributed by atoms with Crippen LogP contribution < -0.4 is 5.43 Å². The van der Waals surface area contributed by atoms with Gasteiger partial charge >= 0.3 is 0 Å². The fourth-order valence-electron chi connectivity index (χ4n) is 2.66. The summed E-state index contributed by atoms with van der Waals surface area (Å²) in [6.45, 7) is 0.588. The molecule has 2 aromatic rings. The van der Waals surface area contributed by atoms with Crippen molar-refractivity contribution in [1.29, 1.82) is 0 Å². The summed E-state index contributed by atoms with van der Waals surface area (Å²) in [5.41, 5.74) is 3.73. The number of carbonyl (C=O) groups excluding carboxylic acids is 2. The number of benzene rings is 2. The van der Waals surface area contributed by atoms with E-state index in [1.807, 2.05) is 12.1 Å². The number of hydrazine groups is 1. The highest BCUT2D eigenvalue weighted by molar-refractivity contribution is 5.99. The van der Waals surface area contributed by atoms with Gasteiger partial charge in [-0.25, -0.2) is 5.01 Å². The van der Waals surface area contributed by atoms with Crippen LogP contribution >= 0.6 is 0 Å². The fourth-order valence-corrected chi connectivity index (χ4v) is 2.66. The Bertz CT molecular complexity index is 682.